The van der Waals surface area contributed by atoms with Gasteiger partial charge in [-0.3, -0.25) is 24.0 Å². The van der Waals surface area contributed by atoms with Crippen molar-refractivity contribution in [1.82, 2.24) is 34.9 Å². The van der Waals surface area contributed by atoms with Crippen LogP contribution in [0.15, 0.2) is 36.4 Å². The second kappa shape index (κ2) is 16.4. The number of nitrogens with zero attached hydrogens (tertiary/aromatic N) is 6. The number of piperazine rings is 2. The number of ether oxygens (including phenoxy) is 2. The maximum Gasteiger partial charge on any atom is 0.527 e. The Bertz CT molecular complexity index is 1430. The zero-order valence-electron chi connectivity index (χ0n) is 26.3. The summed E-state index contributed by atoms with van der Waals surface area (Å²) in [5.41, 5.74) is 0.428. The van der Waals surface area contributed by atoms with Crippen LogP contribution in [0.2, 0.25) is 0 Å². The van der Waals surface area contributed by atoms with Crippen LogP contribution in [0.1, 0.15) is 37.2 Å². The lowest BCUT2D eigenvalue weighted by atomic mass is 10.1. The normalized spacial score (nSPS) is 15.8. The van der Waals surface area contributed by atoms with Gasteiger partial charge in [-0.15, -0.1) is 5.06 Å². The zero-order chi connectivity index (χ0) is 33.9. The molecule has 17 heteroatoms. The average Bonchev–Trinajstić information content (AvgIpc) is 3.50. The van der Waals surface area contributed by atoms with Crippen molar-refractivity contribution < 1.29 is 48.2 Å². The first-order valence-electron chi connectivity index (χ1n) is 15.3. The summed E-state index contributed by atoms with van der Waals surface area (Å²) in [5, 5.41) is 17.6. The first-order chi connectivity index (χ1) is 22.5. The topological polar surface area (TPSA) is 193 Å². The molecule has 0 saturated carbocycles. The van der Waals surface area contributed by atoms with Crippen LogP contribution in [-0.4, -0.2) is 142 Å². The van der Waals surface area contributed by atoms with Gasteiger partial charge in [0.15, 0.2) is 12.3 Å². The number of amides is 4. The molecule has 4 amide bonds. The number of carboxylic acid groups (broad SMARTS) is 1. The molecule has 17 nitrogen and oxygen atoms in total. The minimum Gasteiger partial charge on any atom is -0.481 e. The second-order valence-electron chi connectivity index (χ2n) is 10.8. The number of para-hydroxylation sites is 1. The predicted octanol–water partition coefficient (Wildman–Crippen LogP) is 0.137. The molecule has 0 bridgehead atoms. The van der Waals surface area contributed by atoms with E-state index in [4.69, 9.17) is 14.3 Å². The summed E-state index contributed by atoms with van der Waals surface area (Å²) >= 11 is 0. The third kappa shape index (κ3) is 9.65. The molecular weight excluding hydrogens is 618 g/mol. The SMILES string of the molecule is CCOC(=O)ON1CCN(C(=O)[C@H](CCC(=O)O)NC(=O)c2cc(OCC(=O)N3CCN(C(C)=O)CC3)n(-c3ccccc3)n2)CC1. The Kier molecular flexibility index (Phi) is 12.1. The lowest BCUT2D eigenvalue weighted by Gasteiger charge is -2.35. The Morgan fingerprint density at radius 3 is 2.17 bits per heavy atom. The third-order valence-corrected chi connectivity index (χ3v) is 7.60. The number of rotatable bonds is 12. The Morgan fingerprint density at radius 1 is 0.915 bits per heavy atom. The monoisotopic (exact) mass is 657 g/mol. The highest BCUT2D eigenvalue weighted by atomic mass is 16.8. The van der Waals surface area contributed by atoms with Crippen molar-refractivity contribution in [2.75, 3.05) is 65.6 Å². The van der Waals surface area contributed by atoms with Crippen LogP contribution >= 0.6 is 0 Å². The van der Waals surface area contributed by atoms with Gasteiger partial charge < -0.3 is 39.4 Å². The molecule has 1 aromatic heterocycles. The van der Waals surface area contributed by atoms with Crippen molar-refractivity contribution in [1.29, 1.82) is 0 Å². The Morgan fingerprint density at radius 2 is 1.55 bits per heavy atom. The van der Waals surface area contributed by atoms with E-state index in [1.165, 1.54) is 27.6 Å². The minimum atomic E-state index is -1.18. The quantitative estimate of drug-likeness (QED) is 0.294. The number of nitrogens with one attached hydrogen (secondary N) is 1. The number of aliphatic carboxylic acids is 1. The highest BCUT2D eigenvalue weighted by molar-refractivity contribution is 5.96. The predicted molar refractivity (Wildman–Crippen MR) is 162 cm³/mol. The van der Waals surface area contributed by atoms with Crippen LogP contribution in [0.5, 0.6) is 5.88 Å². The van der Waals surface area contributed by atoms with E-state index in [9.17, 15) is 33.9 Å². The molecule has 0 aliphatic carbocycles. The summed E-state index contributed by atoms with van der Waals surface area (Å²) in [6, 6.07) is 8.94. The molecule has 0 spiro atoms. The van der Waals surface area contributed by atoms with Crippen LogP contribution in [0, 0.1) is 0 Å². The van der Waals surface area contributed by atoms with Gasteiger partial charge in [0.25, 0.3) is 11.8 Å². The van der Waals surface area contributed by atoms with Crippen molar-refractivity contribution in [2.45, 2.75) is 32.7 Å². The largest absolute Gasteiger partial charge is 0.527 e. The van der Waals surface area contributed by atoms with Gasteiger partial charge in [0, 0.05) is 58.7 Å². The fourth-order valence-electron chi connectivity index (χ4n) is 5.06. The fourth-order valence-corrected chi connectivity index (χ4v) is 5.06. The zero-order valence-corrected chi connectivity index (χ0v) is 26.3. The molecule has 3 heterocycles. The molecule has 2 aromatic rings. The molecule has 1 atom stereocenters. The number of aromatic nitrogens is 2. The van der Waals surface area contributed by atoms with Gasteiger partial charge in [-0.25, -0.2) is 9.48 Å². The maximum atomic E-state index is 13.4. The number of hydrogen-bond acceptors (Lipinski definition) is 11. The van der Waals surface area contributed by atoms with Gasteiger partial charge in [0.1, 0.15) is 6.04 Å². The van der Waals surface area contributed by atoms with Crippen molar-refractivity contribution >= 4 is 35.8 Å². The van der Waals surface area contributed by atoms with E-state index in [1.807, 2.05) is 0 Å². The summed E-state index contributed by atoms with van der Waals surface area (Å²) in [6.45, 7) is 5.23. The van der Waals surface area contributed by atoms with E-state index >= 15 is 0 Å². The van der Waals surface area contributed by atoms with Crippen LogP contribution in [0.4, 0.5) is 4.79 Å². The first-order valence-corrected chi connectivity index (χ1v) is 15.3. The molecule has 2 aliphatic rings. The number of hydrogen-bond donors (Lipinski definition) is 2. The van der Waals surface area contributed by atoms with Crippen molar-refractivity contribution in [3.05, 3.63) is 42.1 Å². The number of benzene rings is 1. The van der Waals surface area contributed by atoms with Gasteiger partial charge in [0.2, 0.25) is 17.7 Å². The molecule has 0 unspecified atom stereocenters. The Labute approximate surface area is 270 Å². The van der Waals surface area contributed by atoms with Crippen LogP contribution in [-0.2, 0) is 28.8 Å². The van der Waals surface area contributed by atoms with Crippen molar-refractivity contribution in [3.8, 4) is 11.6 Å². The van der Waals surface area contributed by atoms with Crippen LogP contribution in [0.25, 0.3) is 5.69 Å². The summed E-state index contributed by atoms with van der Waals surface area (Å²) in [6.07, 6.45) is -1.40. The van der Waals surface area contributed by atoms with E-state index < -0.39 is 30.0 Å². The lowest BCUT2D eigenvalue weighted by Crippen LogP contribution is -2.55. The van der Waals surface area contributed by atoms with Crippen LogP contribution < -0.4 is 10.1 Å². The summed E-state index contributed by atoms with van der Waals surface area (Å²) in [5.74, 6) is -2.63. The summed E-state index contributed by atoms with van der Waals surface area (Å²) < 4.78 is 12.0. The molecule has 1 aromatic carbocycles. The number of carbonyl (C=O) groups is 6. The van der Waals surface area contributed by atoms with E-state index in [2.05, 4.69) is 10.4 Å². The average molecular weight is 658 g/mol. The molecule has 254 valence electrons. The number of carboxylic acids is 1. The van der Waals surface area contributed by atoms with Gasteiger partial charge >= 0.3 is 12.1 Å². The smallest absolute Gasteiger partial charge is 0.481 e. The number of hydroxylamine groups is 2. The molecule has 0 radical (unpaired) electrons. The third-order valence-electron chi connectivity index (χ3n) is 7.60. The van der Waals surface area contributed by atoms with E-state index in [1.54, 1.807) is 47.1 Å². The minimum absolute atomic E-state index is 0.0546. The highest BCUT2D eigenvalue weighted by Crippen LogP contribution is 2.21. The fraction of sp³-hybridized carbons (Fsp3) is 0.500. The van der Waals surface area contributed by atoms with Gasteiger partial charge in [-0.1, -0.05) is 18.2 Å². The first kappa shape index (κ1) is 34.7. The molecule has 2 saturated heterocycles. The molecule has 2 fully saturated rings. The lowest BCUT2D eigenvalue weighted by molar-refractivity contribution is -0.157. The van der Waals surface area contributed by atoms with Crippen molar-refractivity contribution in [2.24, 2.45) is 0 Å². The van der Waals surface area contributed by atoms with E-state index in [-0.39, 0.29) is 75.6 Å². The second-order valence-corrected chi connectivity index (χ2v) is 10.8. The number of carbonyl (C=O) groups excluding carboxylic acids is 5. The van der Waals surface area contributed by atoms with Crippen LogP contribution in [0.3, 0.4) is 0 Å². The standard InChI is InChI=1S/C30H39N7O10/c1-3-45-30(44)47-36-17-15-35(16-18-36)29(43)23(9-10-27(40)41)31-28(42)24-19-26(37(32-24)22-7-5-4-6-8-22)46-20-25(39)34-13-11-33(12-14-34)21(2)38/h4-8,19,23H,3,9-18,20H2,1-2H3,(H,31,42)(H,40,41)/t23-/m0/s1. The molecule has 2 aliphatic heterocycles. The molecule has 47 heavy (non-hydrogen) atoms. The Hall–Kier alpha value is -5.19. The molecule has 4 rings (SSSR count). The van der Waals surface area contributed by atoms with Gasteiger partial charge in [-0.2, -0.15) is 5.10 Å². The van der Waals surface area contributed by atoms with E-state index in [0.29, 0.717) is 31.9 Å². The van der Waals surface area contributed by atoms with E-state index in [0.717, 1.165) is 0 Å². The Balaban J connectivity index is 1.44. The van der Waals surface area contributed by atoms with Gasteiger partial charge in [-0.05, 0) is 25.5 Å². The highest BCUT2D eigenvalue weighted by Gasteiger charge is 2.32. The van der Waals surface area contributed by atoms with Crippen molar-refractivity contribution in [3.63, 3.8) is 0 Å². The maximum absolute atomic E-state index is 13.4. The molecular formula is C30H39N7O10. The van der Waals surface area contributed by atoms with Gasteiger partial charge in [0.05, 0.1) is 25.4 Å². The summed E-state index contributed by atoms with van der Waals surface area (Å²) in [7, 11) is 0. The summed E-state index contributed by atoms with van der Waals surface area (Å²) in [4.78, 5) is 84.2. The molecule has 2 N–H and O–H groups in total.